The minimum Gasteiger partial charge on any atom is -0.458 e. The molecule has 22 heteroatoms. The zero-order chi connectivity index (χ0) is 31.9. The van der Waals surface area contributed by atoms with E-state index in [1.165, 1.54) is 29.6 Å². The van der Waals surface area contributed by atoms with Crippen LogP contribution in [0.2, 0.25) is 0 Å². The van der Waals surface area contributed by atoms with Crippen LogP contribution < -0.4 is 16.0 Å². The summed E-state index contributed by atoms with van der Waals surface area (Å²) in [6.45, 7) is -1.12. The van der Waals surface area contributed by atoms with Gasteiger partial charge in [0.25, 0.3) is 17.5 Å². The van der Waals surface area contributed by atoms with Crippen molar-refractivity contribution in [1.29, 1.82) is 0 Å². The molecule has 230 valence electrons. The molecule has 0 bridgehead atoms. The lowest BCUT2D eigenvalue weighted by atomic mass is 9.97. The van der Waals surface area contributed by atoms with Crippen LogP contribution in [0.3, 0.4) is 0 Å². The van der Waals surface area contributed by atoms with Crippen molar-refractivity contribution in [2.45, 2.75) is 18.7 Å². The number of anilines is 1. The SMILES string of the molecule is CNC(=O)C1C(NC(=O)/C(=N\OCC(=O)OCc2ccc([N+](=O)[O-])cc2)c2csc(NC(=O)CCl)n2)C(=O)N1S(=O)(=O)O. The van der Waals surface area contributed by atoms with Gasteiger partial charge in [-0.05, 0) is 17.7 Å². The number of alkyl halides is 1. The van der Waals surface area contributed by atoms with E-state index in [0.717, 1.165) is 18.4 Å². The standard InChI is InChI=1S/C21H20ClN7O12S2/c1-23-19(33)17-16(20(34)28(17)43(37,38)39)26-18(32)15(12-9-42-21(24-12)25-13(30)6-22)27-41-8-14(31)40-7-10-2-4-11(5-3-10)29(35)36/h2-5,9,16-17H,6-8H2,1H3,(H,23,33)(H,26,32)(H,24,25,30)(H,37,38,39)/b27-15-. The van der Waals surface area contributed by atoms with Crippen molar-refractivity contribution in [3.8, 4) is 0 Å². The number of nitro groups is 1. The number of nitrogens with one attached hydrogen (secondary N) is 3. The van der Waals surface area contributed by atoms with Gasteiger partial charge in [-0.2, -0.15) is 12.7 Å². The normalized spacial score (nSPS) is 16.5. The van der Waals surface area contributed by atoms with Crippen LogP contribution >= 0.6 is 22.9 Å². The van der Waals surface area contributed by atoms with Gasteiger partial charge in [-0.25, -0.2) is 9.78 Å². The van der Waals surface area contributed by atoms with Gasteiger partial charge in [0, 0.05) is 24.6 Å². The number of β-lactam (4-membered cyclic amide) rings is 1. The number of benzene rings is 1. The van der Waals surface area contributed by atoms with E-state index in [2.05, 4.69) is 26.1 Å². The lowest BCUT2D eigenvalue weighted by Gasteiger charge is -2.42. The topological polar surface area (TPSA) is 266 Å². The number of amides is 4. The first-order valence-electron chi connectivity index (χ1n) is 11.5. The summed E-state index contributed by atoms with van der Waals surface area (Å²) >= 11 is 6.29. The highest BCUT2D eigenvalue weighted by Crippen LogP contribution is 2.24. The Morgan fingerprint density at radius 1 is 1.26 bits per heavy atom. The summed E-state index contributed by atoms with van der Waals surface area (Å²) in [4.78, 5) is 80.4. The van der Waals surface area contributed by atoms with Crippen LogP contribution in [0.5, 0.6) is 0 Å². The molecule has 43 heavy (non-hydrogen) atoms. The lowest BCUT2D eigenvalue weighted by Crippen LogP contribution is -2.75. The van der Waals surface area contributed by atoms with Crippen LogP contribution in [0.15, 0.2) is 34.8 Å². The third-order valence-corrected chi connectivity index (χ3v) is 7.22. The maximum absolute atomic E-state index is 13.1. The summed E-state index contributed by atoms with van der Waals surface area (Å²) in [5.41, 5.74) is -0.644. The zero-order valence-electron chi connectivity index (χ0n) is 21.6. The van der Waals surface area contributed by atoms with Gasteiger partial charge >= 0.3 is 16.3 Å². The van der Waals surface area contributed by atoms with Crippen LogP contribution in [-0.4, -0.2) is 94.1 Å². The molecule has 1 aromatic heterocycles. The number of aromatic nitrogens is 1. The van der Waals surface area contributed by atoms with Gasteiger partial charge in [-0.1, -0.05) is 5.16 Å². The predicted molar refractivity (Wildman–Crippen MR) is 145 cm³/mol. The molecule has 2 heterocycles. The number of rotatable bonds is 13. The molecular formula is C21H20ClN7O12S2. The number of carbonyl (C=O) groups is 5. The Hall–Kier alpha value is -4.73. The second kappa shape index (κ2) is 14.0. The molecule has 1 aliphatic rings. The highest BCUT2D eigenvalue weighted by Gasteiger charge is 2.57. The summed E-state index contributed by atoms with van der Waals surface area (Å²) in [7, 11) is -4.03. The van der Waals surface area contributed by atoms with Crippen molar-refractivity contribution >= 4 is 79.4 Å². The number of ether oxygens (including phenoxy) is 1. The quantitative estimate of drug-likeness (QED) is 0.0379. The monoisotopic (exact) mass is 661 g/mol. The minimum atomic E-state index is -5.15. The van der Waals surface area contributed by atoms with Crippen LogP contribution in [0, 0.1) is 10.1 Å². The van der Waals surface area contributed by atoms with Crippen LogP contribution in [0.1, 0.15) is 11.3 Å². The smallest absolute Gasteiger partial charge is 0.363 e. The Kier molecular flexibility index (Phi) is 10.6. The van der Waals surface area contributed by atoms with Gasteiger partial charge in [-0.15, -0.1) is 22.9 Å². The van der Waals surface area contributed by atoms with E-state index in [0.29, 0.717) is 5.56 Å². The van der Waals surface area contributed by atoms with E-state index in [1.54, 1.807) is 0 Å². The Bertz CT molecular complexity index is 1580. The molecule has 0 saturated carbocycles. The second-order valence-corrected chi connectivity index (χ2v) is 10.6. The molecule has 4 amide bonds. The molecule has 1 saturated heterocycles. The Morgan fingerprint density at radius 2 is 1.93 bits per heavy atom. The van der Waals surface area contributed by atoms with E-state index < -0.39 is 75.1 Å². The summed E-state index contributed by atoms with van der Waals surface area (Å²) in [6, 6.07) is 1.55. The Balaban J connectivity index is 1.75. The van der Waals surface area contributed by atoms with E-state index >= 15 is 0 Å². The number of oxime groups is 1. The molecule has 1 aromatic carbocycles. The van der Waals surface area contributed by atoms with Crippen molar-refractivity contribution in [3.63, 3.8) is 0 Å². The number of likely N-dealkylation sites (N-methyl/N-ethyl adjacent to an activating group) is 1. The van der Waals surface area contributed by atoms with Crippen molar-refractivity contribution in [3.05, 3.63) is 51.0 Å². The fraction of sp³-hybridized carbons (Fsp3) is 0.286. The van der Waals surface area contributed by atoms with E-state index in [4.69, 9.17) is 21.2 Å². The zero-order valence-corrected chi connectivity index (χ0v) is 24.0. The number of non-ortho nitro benzene ring substituents is 1. The number of esters is 1. The maximum atomic E-state index is 13.1. The molecule has 0 aliphatic carbocycles. The molecule has 4 N–H and O–H groups in total. The second-order valence-electron chi connectivity index (χ2n) is 8.14. The molecule has 2 unspecified atom stereocenters. The first kappa shape index (κ1) is 32.8. The maximum Gasteiger partial charge on any atom is 0.363 e. The number of thiazole rings is 1. The highest BCUT2D eigenvalue weighted by molar-refractivity contribution is 7.84. The summed E-state index contributed by atoms with van der Waals surface area (Å²) in [6.07, 6.45) is 0. The fourth-order valence-corrected chi connectivity index (χ4v) is 4.97. The van der Waals surface area contributed by atoms with Crippen molar-refractivity contribution in [2.75, 3.05) is 24.9 Å². The highest BCUT2D eigenvalue weighted by atomic mass is 35.5. The lowest BCUT2D eigenvalue weighted by molar-refractivity contribution is -0.384. The van der Waals surface area contributed by atoms with E-state index in [9.17, 15) is 47.1 Å². The Morgan fingerprint density at radius 3 is 2.51 bits per heavy atom. The van der Waals surface area contributed by atoms with Crippen LogP contribution in [0.4, 0.5) is 10.8 Å². The number of carbonyl (C=O) groups excluding carboxylic acids is 5. The molecule has 0 spiro atoms. The van der Waals surface area contributed by atoms with Crippen molar-refractivity contribution in [2.24, 2.45) is 5.16 Å². The van der Waals surface area contributed by atoms with E-state index in [-0.39, 0.29) is 27.4 Å². The Labute approximate surface area is 250 Å². The molecule has 0 radical (unpaired) electrons. The van der Waals surface area contributed by atoms with Crippen LogP contribution in [-0.2, 0) is 50.5 Å². The number of hydrogen-bond donors (Lipinski definition) is 4. The van der Waals surface area contributed by atoms with Crippen LogP contribution in [0.25, 0.3) is 0 Å². The van der Waals surface area contributed by atoms with Gasteiger partial charge in [0.15, 0.2) is 16.9 Å². The van der Waals surface area contributed by atoms with Gasteiger partial charge < -0.3 is 25.5 Å². The molecule has 1 fully saturated rings. The summed E-state index contributed by atoms with van der Waals surface area (Å²) in [5, 5.41) is 22.1. The largest absolute Gasteiger partial charge is 0.458 e. The average Bonchev–Trinajstić information content (AvgIpc) is 3.42. The van der Waals surface area contributed by atoms with Gasteiger partial charge in [0.05, 0.1) is 4.92 Å². The third kappa shape index (κ3) is 8.18. The first-order chi connectivity index (χ1) is 20.3. The molecule has 2 atom stereocenters. The van der Waals surface area contributed by atoms with Crippen molar-refractivity contribution < 1.29 is 51.4 Å². The number of nitrogens with zero attached hydrogens (tertiary/aromatic N) is 4. The average molecular weight is 662 g/mol. The number of hydrogen-bond acceptors (Lipinski definition) is 14. The van der Waals surface area contributed by atoms with Crippen molar-refractivity contribution in [1.82, 2.24) is 19.9 Å². The van der Waals surface area contributed by atoms with Gasteiger partial charge in [0.1, 0.15) is 24.2 Å². The molecular weight excluding hydrogens is 642 g/mol. The van der Waals surface area contributed by atoms with E-state index in [1.807, 2.05) is 0 Å². The van der Waals surface area contributed by atoms with Gasteiger partial charge in [-0.3, -0.25) is 33.8 Å². The number of nitro benzene ring substituents is 1. The number of halogens is 1. The molecule has 1 aliphatic heterocycles. The molecule has 3 rings (SSSR count). The van der Waals surface area contributed by atoms with Gasteiger partial charge in [0.2, 0.25) is 18.4 Å². The molecule has 19 nitrogen and oxygen atoms in total. The molecule has 2 aromatic rings. The first-order valence-corrected chi connectivity index (χ1v) is 14.3. The summed E-state index contributed by atoms with van der Waals surface area (Å²) in [5.74, 6) is -5.59. The fourth-order valence-electron chi connectivity index (χ4n) is 3.34. The third-order valence-electron chi connectivity index (χ3n) is 5.32. The predicted octanol–water partition coefficient (Wildman–Crippen LogP) is -1.06. The summed E-state index contributed by atoms with van der Waals surface area (Å²) < 4.78 is 37.2. The minimum absolute atomic E-state index is 0.0239.